The van der Waals surface area contributed by atoms with Crippen molar-refractivity contribution >= 4 is 17.5 Å². The molecule has 0 aliphatic carbocycles. The topological polar surface area (TPSA) is 47.6 Å². The Bertz CT molecular complexity index is 387. The van der Waals surface area contributed by atoms with Crippen molar-refractivity contribution in [2.24, 2.45) is 5.92 Å². The molecule has 3 heteroatoms. The summed E-state index contributed by atoms with van der Waals surface area (Å²) in [6.07, 6.45) is 0.179. The Morgan fingerprint density at radius 3 is 2.50 bits per heavy atom. The molecule has 84 valence electrons. The first kappa shape index (κ1) is 12.8. The van der Waals surface area contributed by atoms with Gasteiger partial charge in [-0.1, -0.05) is 26.0 Å². The second-order valence-corrected chi connectivity index (χ2v) is 5.14. The van der Waals surface area contributed by atoms with Gasteiger partial charge in [0.1, 0.15) is 0 Å². The van der Waals surface area contributed by atoms with Crippen LogP contribution in [0.1, 0.15) is 25.8 Å². The van der Waals surface area contributed by atoms with Gasteiger partial charge >= 0.3 is 0 Å². The predicted molar refractivity (Wildman–Crippen MR) is 69.1 cm³/mol. The Balaban J connectivity index is 2.61. The summed E-state index contributed by atoms with van der Waals surface area (Å²) >= 11 is 1.83. The number of hydrogen-bond donors (Lipinski definition) is 1. The summed E-state index contributed by atoms with van der Waals surface area (Å²) in [5, 5.41) is 16.1. The standard InChI is InChI=1S/C13H16N2S/c1-10(2)9-16-12-5-3-11(4-6-12)13(15)7-8-14/h3-6,10,15H,7,9H2,1-2H3. The van der Waals surface area contributed by atoms with Crippen LogP contribution in [0.15, 0.2) is 29.2 Å². The highest BCUT2D eigenvalue weighted by Gasteiger charge is 2.01. The molecule has 1 N–H and O–H groups in total. The number of nitrogens with zero attached hydrogens (tertiary/aromatic N) is 1. The van der Waals surface area contributed by atoms with Crippen molar-refractivity contribution in [2.45, 2.75) is 25.2 Å². The van der Waals surface area contributed by atoms with Crippen molar-refractivity contribution in [3.63, 3.8) is 0 Å². The highest BCUT2D eigenvalue weighted by Crippen LogP contribution is 2.21. The van der Waals surface area contributed by atoms with Crippen LogP contribution in [0, 0.1) is 22.7 Å². The normalized spacial score (nSPS) is 10.1. The fraction of sp³-hybridized carbons (Fsp3) is 0.385. The van der Waals surface area contributed by atoms with Crippen molar-refractivity contribution in [3.05, 3.63) is 29.8 Å². The van der Waals surface area contributed by atoms with Gasteiger partial charge in [-0.2, -0.15) is 5.26 Å². The van der Waals surface area contributed by atoms with Crippen LogP contribution in [-0.2, 0) is 0 Å². The Kier molecular flexibility index (Phi) is 5.07. The van der Waals surface area contributed by atoms with E-state index in [2.05, 4.69) is 13.8 Å². The molecule has 0 amide bonds. The van der Waals surface area contributed by atoms with E-state index >= 15 is 0 Å². The number of rotatable bonds is 5. The van der Waals surface area contributed by atoms with Gasteiger partial charge in [-0.15, -0.1) is 11.8 Å². The van der Waals surface area contributed by atoms with Gasteiger partial charge in [0, 0.05) is 10.6 Å². The van der Waals surface area contributed by atoms with Crippen LogP contribution in [0.4, 0.5) is 0 Å². The molecule has 0 unspecified atom stereocenters. The number of nitriles is 1. The average molecular weight is 232 g/mol. The molecule has 0 aliphatic rings. The molecule has 0 atom stereocenters. The van der Waals surface area contributed by atoms with Crippen LogP contribution in [0.3, 0.4) is 0 Å². The summed E-state index contributed by atoms with van der Waals surface area (Å²) in [6, 6.07) is 9.87. The second-order valence-electron chi connectivity index (χ2n) is 4.04. The largest absolute Gasteiger partial charge is 0.304 e. The molecule has 0 aliphatic heterocycles. The SMILES string of the molecule is CC(C)CSc1ccc(C(=N)CC#N)cc1. The third kappa shape index (κ3) is 4.08. The van der Waals surface area contributed by atoms with Gasteiger partial charge in [-0.05, 0) is 23.6 Å². The Labute approximate surface area is 101 Å². The summed E-state index contributed by atoms with van der Waals surface area (Å²) < 4.78 is 0. The summed E-state index contributed by atoms with van der Waals surface area (Å²) in [5.41, 5.74) is 1.23. The first-order valence-corrected chi connectivity index (χ1v) is 6.29. The van der Waals surface area contributed by atoms with Gasteiger partial charge in [0.25, 0.3) is 0 Å². The molecule has 16 heavy (non-hydrogen) atoms. The molecule has 0 fully saturated rings. The zero-order valence-electron chi connectivity index (χ0n) is 9.66. The van der Waals surface area contributed by atoms with Crippen molar-refractivity contribution in [1.82, 2.24) is 0 Å². The van der Waals surface area contributed by atoms with Crippen LogP contribution in [0.25, 0.3) is 0 Å². The number of hydrogen-bond acceptors (Lipinski definition) is 3. The minimum absolute atomic E-state index is 0.179. The van der Waals surface area contributed by atoms with Gasteiger partial charge in [0.05, 0.1) is 18.2 Å². The van der Waals surface area contributed by atoms with E-state index in [9.17, 15) is 0 Å². The molecule has 1 rings (SSSR count). The maximum Gasteiger partial charge on any atom is 0.0773 e. The fourth-order valence-electron chi connectivity index (χ4n) is 1.20. The van der Waals surface area contributed by atoms with E-state index in [1.165, 1.54) is 4.90 Å². The quantitative estimate of drug-likeness (QED) is 0.621. The summed E-state index contributed by atoms with van der Waals surface area (Å²) in [4.78, 5) is 1.22. The zero-order valence-corrected chi connectivity index (χ0v) is 10.5. The molecular formula is C13H16N2S. The summed E-state index contributed by atoms with van der Waals surface area (Å²) in [6.45, 7) is 4.40. The smallest absolute Gasteiger partial charge is 0.0773 e. The Hall–Kier alpha value is -1.27. The van der Waals surface area contributed by atoms with E-state index in [-0.39, 0.29) is 6.42 Å². The van der Waals surface area contributed by atoms with Crippen molar-refractivity contribution in [1.29, 1.82) is 10.7 Å². The molecule has 0 bridgehead atoms. The van der Waals surface area contributed by atoms with Gasteiger partial charge in [0.15, 0.2) is 0 Å². The second kappa shape index (κ2) is 6.34. The van der Waals surface area contributed by atoms with Crippen molar-refractivity contribution in [2.75, 3.05) is 5.75 Å². The minimum Gasteiger partial charge on any atom is -0.304 e. The first-order valence-electron chi connectivity index (χ1n) is 5.31. The van der Waals surface area contributed by atoms with Crippen LogP contribution >= 0.6 is 11.8 Å². The lowest BCUT2D eigenvalue weighted by molar-refractivity contribution is 0.750. The lowest BCUT2D eigenvalue weighted by Crippen LogP contribution is -1.97. The zero-order chi connectivity index (χ0) is 12.0. The van der Waals surface area contributed by atoms with Gasteiger partial charge in [0.2, 0.25) is 0 Å². The predicted octanol–water partition coefficient (Wildman–Crippen LogP) is 3.72. The Morgan fingerprint density at radius 2 is 2.00 bits per heavy atom. The number of benzene rings is 1. The van der Waals surface area contributed by atoms with Gasteiger partial charge in [-0.3, -0.25) is 0 Å². The van der Waals surface area contributed by atoms with E-state index in [0.29, 0.717) is 11.6 Å². The summed E-state index contributed by atoms with van der Waals surface area (Å²) in [5.74, 6) is 1.79. The van der Waals surface area contributed by atoms with E-state index in [1.807, 2.05) is 42.1 Å². The van der Waals surface area contributed by atoms with E-state index in [0.717, 1.165) is 11.3 Å². The fourth-order valence-corrected chi connectivity index (χ4v) is 2.05. The molecule has 0 aromatic heterocycles. The molecule has 1 aromatic rings. The maximum atomic E-state index is 8.50. The monoisotopic (exact) mass is 232 g/mol. The van der Waals surface area contributed by atoms with Crippen LogP contribution in [0.2, 0.25) is 0 Å². The highest BCUT2D eigenvalue weighted by molar-refractivity contribution is 7.99. The molecule has 1 aromatic carbocycles. The lowest BCUT2D eigenvalue weighted by atomic mass is 10.1. The average Bonchev–Trinajstić information content (AvgIpc) is 2.27. The maximum absolute atomic E-state index is 8.50. The van der Waals surface area contributed by atoms with Crippen molar-refractivity contribution in [3.8, 4) is 6.07 Å². The van der Waals surface area contributed by atoms with Gasteiger partial charge in [-0.25, -0.2) is 0 Å². The highest BCUT2D eigenvalue weighted by atomic mass is 32.2. The molecule has 0 saturated heterocycles. The third-order valence-corrected chi connectivity index (χ3v) is 3.48. The number of nitrogens with one attached hydrogen (secondary N) is 1. The number of thioether (sulfide) groups is 1. The van der Waals surface area contributed by atoms with E-state index in [4.69, 9.17) is 10.7 Å². The van der Waals surface area contributed by atoms with E-state index < -0.39 is 0 Å². The molecule has 0 saturated carbocycles. The van der Waals surface area contributed by atoms with Crippen molar-refractivity contribution < 1.29 is 0 Å². The third-order valence-electron chi connectivity index (χ3n) is 2.04. The van der Waals surface area contributed by atoms with Gasteiger partial charge < -0.3 is 5.41 Å². The molecule has 0 spiro atoms. The summed E-state index contributed by atoms with van der Waals surface area (Å²) in [7, 11) is 0. The molecule has 2 nitrogen and oxygen atoms in total. The van der Waals surface area contributed by atoms with E-state index in [1.54, 1.807) is 0 Å². The first-order chi connectivity index (χ1) is 7.63. The molecule has 0 heterocycles. The van der Waals surface area contributed by atoms with Crippen LogP contribution in [-0.4, -0.2) is 11.5 Å². The Morgan fingerprint density at radius 1 is 1.38 bits per heavy atom. The van der Waals surface area contributed by atoms with Crippen LogP contribution in [0.5, 0.6) is 0 Å². The lowest BCUT2D eigenvalue weighted by Gasteiger charge is -2.05. The molecule has 0 radical (unpaired) electrons. The molecular weight excluding hydrogens is 216 g/mol. The minimum atomic E-state index is 0.179. The van der Waals surface area contributed by atoms with Crippen LogP contribution < -0.4 is 0 Å².